The Balaban J connectivity index is 2.43. The topological polar surface area (TPSA) is 0 Å². The van der Waals surface area contributed by atoms with Gasteiger partial charge in [-0.25, -0.2) is 0 Å². The first kappa shape index (κ1) is 26.5. The molecule has 0 amide bonds. The summed E-state index contributed by atoms with van der Waals surface area (Å²) < 4.78 is 0. The van der Waals surface area contributed by atoms with E-state index in [0.717, 1.165) is 0 Å². The van der Waals surface area contributed by atoms with Crippen molar-refractivity contribution in [3.63, 3.8) is 0 Å². The zero-order valence-electron chi connectivity index (χ0n) is 23.3. The van der Waals surface area contributed by atoms with Gasteiger partial charge in [0.1, 0.15) is 0 Å². The Morgan fingerprint density at radius 1 is 0.545 bits per heavy atom. The van der Waals surface area contributed by atoms with E-state index >= 15 is 0 Å². The largest absolute Gasteiger partial charge is 0.0743 e. The summed E-state index contributed by atoms with van der Waals surface area (Å²) in [5.74, 6) is 1.61. The number of hydrogen-bond acceptors (Lipinski definition) is 0. The van der Waals surface area contributed by atoms with E-state index in [0.29, 0.717) is 17.8 Å². The molecule has 0 N–H and O–H groups in total. The average molecular weight is 465 g/mol. The minimum Gasteiger partial charge on any atom is -0.0743 e. The van der Waals surface area contributed by atoms with Gasteiger partial charge in [-0.2, -0.15) is 0 Å². The van der Waals surface area contributed by atoms with Gasteiger partial charge < -0.3 is 0 Å². The van der Waals surface area contributed by atoms with Crippen LogP contribution in [0.1, 0.15) is 130 Å². The van der Waals surface area contributed by atoms with Gasteiger partial charge in [-0.3, -0.25) is 0 Å². The van der Waals surface area contributed by atoms with Gasteiger partial charge in [0.25, 0.3) is 0 Å². The van der Waals surface area contributed by atoms with Crippen molar-refractivity contribution < 1.29 is 0 Å². The van der Waals surface area contributed by atoms with Crippen molar-refractivity contribution in [1.82, 2.24) is 0 Å². The minimum atomic E-state index is -0.104. The molecule has 1 heterocycles. The van der Waals surface area contributed by atoms with Crippen molar-refractivity contribution in [3.05, 3.63) is 51.1 Å². The SMILES string of the molecule is Cc1c(C)c(C)c(P2CCCCCCC2)c(-c2c(C(C)C)cc(C(C)C)cc2C(C)C)c1C. The smallest absolute Gasteiger partial charge is 0.00664 e. The molecule has 1 aliphatic rings. The maximum atomic E-state index is 2.55. The molecular formula is C32H49P. The van der Waals surface area contributed by atoms with Crippen molar-refractivity contribution in [1.29, 1.82) is 0 Å². The Morgan fingerprint density at radius 2 is 1.00 bits per heavy atom. The van der Waals surface area contributed by atoms with Gasteiger partial charge in [0.05, 0.1) is 0 Å². The second-order valence-corrected chi connectivity index (χ2v) is 13.9. The summed E-state index contributed by atoms with van der Waals surface area (Å²) in [7, 11) is -0.104. The van der Waals surface area contributed by atoms with Gasteiger partial charge >= 0.3 is 0 Å². The standard InChI is InChI=1S/C32H49P/c1-20(2)27-18-28(21(3)4)31(29(19-27)22(5)6)30-25(9)23(7)24(8)26(10)32(30)33-16-14-12-11-13-15-17-33/h18-22H,11-17H2,1-10H3. The third-order valence-corrected chi connectivity index (χ3v) is 11.1. The summed E-state index contributed by atoms with van der Waals surface area (Å²) in [4.78, 5) is 0. The van der Waals surface area contributed by atoms with Crippen LogP contribution in [0.3, 0.4) is 0 Å². The van der Waals surface area contributed by atoms with Crippen LogP contribution in [0.4, 0.5) is 0 Å². The highest BCUT2D eigenvalue weighted by atomic mass is 31.1. The Morgan fingerprint density at radius 3 is 1.45 bits per heavy atom. The van der Waals surface area contributed by atoms with E-state index in [1.54, 1.807) is 38.7 Å². The molecule has 0 atom stereocenters. The Kier molecular flexibility index (Phi) is 8.88. The molecule has 0 bridgehead atoms. The molecule has 0 nitrogen and oxygen atoms in total. The molecule has 1 saturated heterocycles. The molecule has 0 aliphatic carbocycles. The van der Waals surface area contributed by atoms with E-state index in [2.05, 4.69) is 81.4 Å². The fourth-order valence-corrected chi connectivity index (χ4v) is 8.83. The van der Waals surface area contributed by atoms with Crippen LogP contribution in [-0.4, -0.2) is 12.3 Å². The van der Waals surface area contributed by atoms with Crippen LogP contribution in [0.25, 0.3) is 11.1 Å². The Labute approximate surface area is 206 Å². The average Bonchev–Trinajstić information content (AvgIpc) is 2.74. The van der Waals surface area contributed by atoms with Crippen molar-refractivity contribution in [2.45, 2.75) is 119 Å². The van der Waals surface area contributed by atoms with E-state index in [-0.39, 0.29) is 7.92 Å². The molecule has 33 heavy (non-hydrogen) atoms. The number of rotatable bonds is 5. The van der Waals surface area contributed by atoms with Crippen LogP contribution in [0.15, 0.2) is 12.1 Å². The van der Waals surface area contributed by atoms with Crippen LogP contribution < -0.4 is 5.30 Å². The normalized spacial score (nSPS) is 16.0. The van der Waals surface area contributed by atoms with E-state index in [1.807, 2.05) is 0 Å². The first-order chi connectivity index (χ1) is 15.6. The fraction of sp³-hybridized carbons (Fsp3) is 0.625. The highest BCUT2D eigenvalue weighted by Crippen LogP contribution is 2.48. The third-order valence-electron chi connectivity index (χ3n) is 8.21. The van der Waals surface area contributed by atoms with Gasteiger partial charge in [0.15, 0.2) is 0 Å². The lowest BCUT2D eigenvalue weighted by atomic mass is 9.79. The van der Waals surface area contributed by atoms with Gasteiger partial charge in [0.2, 0.25) is 0 Å². The number of hydrogen-bond donors (Lipinski definition) is 0. The Hall–Kier alpha value is -1.13. The first-order valence-electron chi connectivity index (χ1n) is 13.6. The van der Waals surface area contributed by atoms with E-state index in [1.165, 1.54) is 61.1 Å². The van der Waals surface area contributed by atoms with Gasteiger partial charge in [0, 0.05) is 0 Å². The van der Waals surface area contributed by atoms with E-state index in [9.17, 15) is 0 Å². The maximum absolute atomic E-state index is 2.55. The molecule has 182 valence electrons. The monoisotopic (exact) mass is 464 g/mol. The summed E-state index contributed by atoms with van der Waals surface area (Å²) >= 11 is 0. The summed E-state index contributed by atoms with van der Waals surface area (Å²) in [5.41, 5.74) is 14.0. The highest BCUT2D eigenvalue weighted by Gasteiger charge is 2.28. The summed E-state index contributed by atoms with van der Waals surface area (Å²) in [6, 6.07) is 5.10. The Bertz CT molecular complexity index is 940. The molecule has 2 aromatic rings. The molecule has 2 aromatic carbocycles. The van der Waals surface area contributed by atoms with E-state index < -0.39 is 0 Å². The molecule has 0 saturated carbocycles. The van der Waals surface area contributed by atoms with E-state index in [4.69, 9.17) is 0 Å². The summed E-state index contributed by atoms with van der Waals surface area (Å²) in [5, 5.41) is 1.76. The van der Waals surface area contributed by atoms with Crippen LogP contribution in [0, 0.1) is 27.7 Å². The lowest BCUT2D eigenvalue weighted by molar-refractivity contribution is 0.649. The van der Waals surface area contributed by atoms with Gasteiger partial charge in [-0.05, 0) is 126 Å². The molecule has 0 unspecified atom stereocenters. The molecule has 3 rings (SSSR count). The molecular weight excluding hydrogens is 415 g/mol. The summed E-state index contributed by atoms with van der Waals surface area (Å²) in [6.07, 6.45) is 9.95. The first-order valence-corrected chi connectivity index (χ1v) is 15.3. The second kappa shape index (κ2) is 11.1. The zero-order chi connectivity index (χ0) is 24.4. The quantitative estimate of drug-likeness (QED) is 0.386. The van der Waals surface area contributed by atoms with Crippen molar-refractivity contribution >= 4 is 13.2 Å². The summed E-state index contributed by atoms with van der Waals surface area (Å²) in [6.45, 7) is 23.9. The lowest BCUT2D eigenvalue weighted by Gasteiger charge is -2.32. The van der Waals surface area contributed by atoms with Crippen molar-refractivity contribution in [2.75, 3.05) is 12.3 Å². The van der Waals surface area contributed by atoms with Crippen LogP contribution in [-0.2, 0) is 0 Å². The molecule has 0 spiro atoms. The van der Waals surface area contributed by atoms with Crippen molar-refractivity contribution in [3.8, 4) is 11.1 Å². The molecule has 1 heteroatoms. The molecule has 0 radical (unpaired) electrons. The molecule has 0 aromatic heterocycles. The minimum absolute atomic E-state index is 0.104. The molecule has 1 aliphatic heterocycles. The van der Waals surface area contributed by atoms with Gasteiger partial charge in [-0.1, -0.05) is 80.9 Å². The van der Waals surface area contributed by atoms with Gasteiger partial charge in [-0.15, -0.1) is 0 Å². The predicted octanol–water partition coefficient (Wildman–Crippen LogP) is 10.0. The van der Waals surface area contributed by atoms with Crippen LogP contribution >= 0.6 is 7.92 Å². The second-order valence-electron chi connectivity index (χ2n) is 11.5. The third kappa shape index (κ3) is 5.42. The predicted molar refractivity (Wildman–Crippen MR) is 152 cm³/mol. The highest BCUT2D eigenvalue weighted by molar-refractivity contribution is 7.66. The fourth-order valence-electron chi connectivity index (χ4n) is 5.71. The maximum Gasteiger partial charge on any atom is -0.00664 e. The van der Waals surface area contributed by atoms with Crippen LogP contribution in [0.5, 0.6) is 0 Å². The van der Waals surface area contributed by atoms with Crippen LogP contribution in [0.2, 0.25) is 0 Å². The molecule has 1 fully saturated rings. The number of benzene rings is 2. The van der Waals surface area contributed by atoms with Crippen molar-refractivity contribution in [2.24, 2.45) is 0 Å². The lowest BCUT2D eigenvalue weighted by Crippen LogP contribution is -2.20. The zero-order valence-corrected chi connectivity index (χ0v) is 24.2.